The third-order valence-electron chi connectivity index (χ3n) is 3.27. The minimum absolute atomic E-state index is 0.0195. The maximum absolute atomic E-state index is 12.7. The summed E-state index contributed by atoms with van der Waals surface area (Å²) in [5.41, 5.74) is 3.55. The van der Waals surface area contributed by atoms with Gasteiger partial charge in [-0.15, -0.1) is 0 Å². The van der Waals surface area contributed by atoms with Crippen LogP contribution in [0.4, 0.5) is 11.4 Å². The SMILES string of the molecule is CN(C)C=C1C(=O)N(c2ccccc2)c2ccccc21. The first-order valence-electron chi connectivity index (χ1n) is 6.55. The van der Waals surface area contributed by atoms with Crippen LogP contribution in [0, 0.1) is 0 Å². The Morgan fingerprint density at radius 1 is 0.950 bits per heavy atom. The molecule has 0 aromatic heterocycles. The maximum Gasteiger partial charge on any atom is 0.265 e. The van der Waals surface area contributed by atoms with Crippen LogP contribution in [0.15, 0.2) is 60.8 Å². The first kappa shape index (κ1) is 12.5. The van der Waals surface area contributed by atoms with Gasteiger partial charge in [-0.05, 0) is 18.2 Å². The van der Waals surface area contributed by atoms with Gasteiger partial charge in [-0.25, -0.2) is 0 Å². The molecule has 0 aliphatic carbocycles. The molecule has 3 rings (SSSR count). The van der Waals surface area contributed by atoms with Crippen LogP contribution >= 0.6 is 0 Å². The van der Waals surface area contributed by atoms with Crippen LogP contribution in [0.25, 0.3) is 5.57 Å². The second kappa shape index (κ2) is 4.85. The van der Waals surface area contributed by atoms with E-state index in [1.54, 1.807) is 4.90 Å². The molecule has 0 unspecified atom stereocenters. The number of rotatable bonds is 2. The van der Waals surface area contributed by atoms with E-state index in [2.05, 4.69) is 0 Å². The summed E-state index contributed by atoms with van der Waals surface area (Å²) >= 11 is 0. The lowest BCUT2D eigenvalue weighted by Crippen LogP contribution is -2.21. The second-order valence-corrected chi connectivity index (χ2v) is 5.00. The van der Waals surface area contributed by atoms with E-state index in [-0.39, 0.29) is 5.91 Å². The third-order valence-corrected chi connectivity index (χ3v) is 3.27. The molecule has 3 nitrogen and oxygen atoms in total. The number of hydrogen-bond acceptors (Lipinski definition) is 2. The average Bonchev–Trinajstić information content (AvgIpc) is 2.72. The van der Waals surface area contributed by atoms with Gasteiger partial charge in [0.05, 0.1) is 11.3 Å². The van der Waals surface area contributed by atoms with E-state index in [4.69, 9.17) is 0 Å². The molecule has 0 bridgehead atoms. The highest BCUT2D eigenvalue weighted by Gasteiger charge is 2.33. The molecule has 0 saturated heterocycles. The summed E-state index contributed by atoms with van der Waals surface area (Å²) in [5.74, 6) is 0.0195. The lowest BCUT2D eigenvalue weighted by Gasteiger charge is -2.17. The van der Waals surface area contributed by atoms with Gasteiger partial charge in [0.2, 0.25) is 0 Å². The highest BCUT2D eigenvalue weighted by atomic mass is 16.2. The van der Waals surface area contributed by atoms with Crippen molar-refractivity contribution < 1.29 is 4.79 Å². The number of fused-ring (bicyclic) bond motifs is 1. The maximum atomic E-state index is 12.7. The summed E-state index contributed by atoms with van der Waals surface area (Å²) in [4.78, 5) is 16.4. The fourth-order valence-corrected chi connectivity index (χ4v) is 2.46. The minimum atomic E-state index is 0.0195. The summed E-state index contributed by atoms with van der Waals surface area (Å²) in [6.45, 7) is 0. The Morgan fingerprint density at radius 2 is 1.60 bits per heavy atom. The molecule has 0 atom stereocenters. The smallest absolute Gasteiger partial charge is 0.265 e. The van der Waals surface area contributed by atoms with Gasteiger partial charge in [0.1, 0.15) is 0 Å². The van der Waals surface area contributed by atoms with E-state index < -0.39 is 0 Å². The Bertz CT molecular complexity index is 674. The number of carbonyl (C=O) groups is 1. The molecular formula is C17H16N2O. The molecule has 100 valence electrons. The van der Waals surface area contributed by atoms with Crippen molar-refractivity contribution in [2.75, 3.05) is 19.0 Å². The van der Waals surface area contributed by atoms with Gasteiger partial charge in [-0.3, -0.25) is 9.69 Å². The first-order valence-corrected chi connectivity index (χ1v) is 6.55. The molecule has 0 N–H and O–H groups in total. The van der Waals surface area contributed by atoms with Crippen LogP contribution < -0.4 is 4.90 Å². The molecule has 2 aromatic rings. The van der Waals surface area contributed by atoms with Crippen molar-refractivity contribution in [1.29, 1.82) is 0 Å². The summed E-state index contributed by atoms with van der Waals surface area (Å²) in [5, 5.41) is 0. The van der Waals surface area contributed by atoms with Crippen molar-refractivity contribution in [3.63, 3.8) is 0 Å². The lowest BCUT2D eigenvalue weighted by atomic mass is 10.1. The highest BCUT2D eigenvalue weighted by molar-refractivity contribution is 6.34. The predicted octanol–water partition coefficient (Wildman–Crippen LogP) is 3.27. The molecular weight excluding hydrogens is 248 g/mol. The standard InChI is InChI=1S/C17H16N2O/c1-18(2)12-15-14-10-6-7-11-16(14)19(17(15)20)13-8-4-3-5-9-13/h3-12H,1-2H3. The van der Waals surface area contributed by atoms with Gasteiger partial charge in [-0.1, -0.05) is 36.4 Å². The van der Waals surface area contributed by atoms with Crippen molar-refractivity contribution >= 4 is 22.9 Å². The Kier molecular flexibility index (Phi) is 3.03. The summed E-state index contributed by atoms with van der Waals surface area (Å²) in [6, 6.07) is 17.6. The van der Waals surface area contributed by atoms with Crippen molar-refractivity contribution in [3.8, 4) is 0 Å². The van der Waals surface area contributed by atoms with Crippen LogP contribution in [-0.4, -0.2) is 24.9 Å². The topological polar surface area (TPSA) is 23.6 Å². The number of benzene rings is 2. The van der Waals surface area contributed by atoms with Crippen molar-refractivity contribution in [2.24, 2.45) is 0 Å². The van der Waals surface area contributed by atoms with Crippen LogP contribution in [0.3, 0.4) is 0 Å². The van der Waals surface area contributed by atoms with Crippen LogP contribution in [0.2, 0.25) is 0 Å². The second-order valence-electron chi connectivity index (χ2n) is 5.00. The fourth-order valence-electron chi connectivity index (χ4n) is 2.46. The van der Waals surface area contributed by atoms with E-state index in [1.165, 1.54) is 0 Å². The largest absolute Gasteiger partial charge is 0.383 e. The molecule has 3 heteroatoms. The van der Waals surface area contributed by atoms with Gasteiger partial charge >= 0.3 is 0 Å². The molecule has 0 spiro atoms. The van der Waals surface area contributed by atoms with Gasteiger partial charge in [0.25, 0.3) is 5.91 Å². The highest BCUT2D eigenvalue weighted by Crippen LogP contribution is 2.41. The first-order chi connectivity index (χ1) is 9.68. The zero-order chi connectivity index (χ0) is 14.1. The Balaban J connectivity index is 2.17. The minimum Gasteiger partial charge on any atom is -0.383 e. The number of carbonyl (C=O) groups excluding carboxylic acids is 1. The number of hydrogen-bond donors (Lipinski definition) is 0. The third kappa shape index (κ3) is 1.97. The van der Waals surface area contributed by atoms with Gasteiger partial charge in [-0.2, -0.15) is 0 Å². The molecule has 1 amide bonds. The van der Waals surface area contributed by atoms with Gasteiger partial charge < -0.3 is 4.90 Å². The molecule has 0 fully saturated rings. The van der Waals surface area contributed by atoms with Crippen LogP contribution in [-0.2, 0) is 4.79 Å². The van der Waals surface area contributed by atoms with E-state index in [1.807, 2.05) is 79.8 Å². The van der Waals surface area contributed by atoms with E-state index in [0.29, 0.717) is 0 Å². The molecule has 1 aliphatic heterocycles. The monoisotopic (exact) mass is 264 g/mol. The van der Waals surface area contributed by atoms with Crippen LogP contribution in [0.1, 0.15) is 5.56 Å². The Labute approximate surface area is 118 Å². The van der Waals surface area contributed by atoms with Crippen molar-refractivity contribution in [1.82, 2.24) is 4.90 Å². The van der Waals surface area contributed by atoms with Gasteiger partial charge in [0.15, 0.2) is 0 Å². The summed E-state index contributed by atoms with van der Waals surface area (Å²) in [6.07, 6.45) is 1.88. The predicted molar refractivity (Wildman–Crippen MR) is 81.7 cm³/mol. The molecule has 0 radical (unpaired) electrons. The summed E-state index contributed by atoms with van der Waals surface area (Å²) in [7, 11) is 3.85. The zero-order valence-electron chi connectivity index (χ0n) is 11.6. The molecule has 1 aliphatic rings. The molecule has 1 heterocycles. The van der Waals surface area contributed by atoms with E-state index >= 15 is 0 Å². The van der Waals surface area contributed by atoms with Crippen LogP contribution in [0.5, 0.6) is 0 Å². The fraction of sp³-hybridized carbons (Fsp3) is 0.118. The molecule has 20 heavy (non-hydrogen) atoms. The number of amides is 1. The van der Waals surface area contributed by atoms with Gasteiger partial charge in [0, 0.05) is 31.5 Å². The zero-order valence-corrected chi connectivity index (χ0v) is 11.6. The van der Waals surface area contributed by atoms with E-state index in [9.17, 15) is 4.79 Å². The Hall–Kier alpha value is -2.55. The normalized spacial score (nSPS) is 15.6. The number of para-hydroxylation sites is 2. The quantitative estimate of drug-likeness (QED) is 0.777. The number of anilines is 2. The average molecular weight is 264 g/mol. The Morgan fingerprint density at radius 3 is 2.30 bits per heavy atom. The van der Waals surface area contributed by atoms with Crippen molar-refractivity contribution in [3.05, 3.63) is 66.4 Å². The molecule has 2 aromatic carbocycles. The lowest BCUT2D eigenvalue weighted by molar-refractivity contribution is -0.112. The number of nitrogens with zero attached hydrogens (tertiary/aromatic N) is 2. The van der Waals surface area contributed by atoms with E-state index in [0.717, 1.165) is 22.5 Å². The molecule has 0 saturated carbocycles. The van der Waals surface area contributed by atoms with Crippen molar-refractivity contribution in [2.45, 2.75) is 0 Å². The summed E-state index contributed by atoms with van der Waals surface area (Å²) < 4.78 is 0.